The number of ether oxygens (including phenoxy) is 1. The van der Waals surface area contributed by atoms with Crippen molar-refractivity contribution in [3.05, 3.63) is 58.8 Å². The third-order valence-corrected chi connectivity index (χ3v) is 4.59. The minimum Gasteiger partial charge on any atom is -0.406 e. The Balaban J connectivity index is 2.00. The molecule has 1 aromatic heterocycles. The van der Waals surface area contributed by atoms with Crippen LogP contribution in [0.4, 0.5) is 35.0 Å². The Bertz CT molecular complexity index is 1070. The second-order valence-electron chi connectivity index (χ2n) is 6.51. The number of hydrogen-bond acceptors (Lipinski definition) is 6. The molecule has 164 valence electrons. The first-order valence-electron chi connectivity index (χ1n) is 8.97. The maximum absolute atomic E-state index is 13.4. The van der Waals surface area contributed by atoms with Crippen molar-refractivity contribution in [3.63, 3.8) is 0 Å². The van der Waals surface area contributed by atoms with Gasteiger partial charge >= 0.3 is 6.36 Å². The van der Waals surface area contributed by atoms with Gasteiger partial charge in [-0.15, -0.1) is 13.2 Å². The molecular weight excluding hydrogens is 484 g/mol. The molecule has 0 aliphatic heterocycles. The van der Waals surface area contributed by atoms with E-state index in [1.807, 2.05) is 0 Å². The van der Waals surface area contributed by atoms with E-state index in [9.17, 15) is 22.7 Å². The van der Waals surface area contributed by atoms with E-state index in [1.54, 1.807) is 13.0 Å². The van der Waals surface area contributed by atoms with Crippen molar-refractivity contribution in [2.45, 2.75) is 19.3 Å². The van der Waals surface area contributed by atoms with Crippen molar-refractivity contribution in [1.82, 2.24) is 9.97 Å². The summed E-state index contributed by atoms with van der Waals surface area (Å²) in [6.07, 6.45) is -4.82. The van der Waals surface area contributed by atoms with Gasteiger partial charge in [-0.25, -0.2) is 9.37 Å². The molecule has 3 rings (SSSR count). The summed E-state index contributed by atoms with van der Waals surface area (Å²) < 4.78 is 55.5. The zero-order chi connectivity index (χ0) is 22.6. The molecule has 6 nitrogen and oxygen atoms in total. The van der Waals surface area contributed by atoms with Gasteiger partial charge in [0.05, 0.1) is 18.0 Å². The van der Waals surface area contributed by atoms with Crippen LogP contribution >= 0.6 is 15.9 Å². The molecule has 0 spiro atoms. The smallest absolute Gasteiger partial charge is 0.406 e. The number of hydrogen-bond donors (Lipinski definition) is 3. The number of anilines is 3. The Labute approximate surface area is 183 Å². The third kappa shape index (κ3) is 6.53. The topological polar surface area (TPSA) is 79.3 Å². The van der Waals surface area contributed by atoms with Crippen LogP contribution in [0.3, 0.4) is 0 Å². The quantitative estimate of drug-likeness (QED) is 0.373. The maximum Gasteiger partial charge on any atom is 0.573 e. The Hall–Kier alpha value is -2.92. The first kappa shape index (κ1) is 22.8. The van der Waals surface area contributed by atoms with Crippen LogP contribution in [0.25, 0.3) is 11.3 Å². The fourth-order valence-electron chi connectivity index (χ4n) is 2.57. The summed E-state index contributed by atoms with van der Waals surface area (Å²) in [4.78, 5) is 8.64. The number of aromatic nitrogens is 2. The standard InChI is InChI=1S/C20H17BrF4N4O2/c1-11(10-30)26-19-28-17(12-3-2-4-14(7-12)31-20(23,24)25)9-18(29-19)27-16-6-5-13(22)8-15(16)21/h2-9,11,30H,10H2,1H3,(H2,26,27,28,29)/t11-/m1/s1. The minimum absolute atomic E-state index is 0.141. The van der Waals surface area contributed by atoms with E-state index in [2.05, 4.69) is 41.3 Å². The van der Waals surface area contributed by atoms with Gasteiger partial charge in [-0.2, -0.15) is 4.98 Å². The van der Waals surface area contributed by atoms with Gasteiger partial charge in [0.2, 0.25) is 5.95 Å². The monoisotopic (exact) mass is 500 g/mol. The summed E-state index contributed by atoms with van der Waals surface area (Å²) in [6, 6.07) is 10.6. The van der Waals surface area contributed by atoms with Crippen molar-refractivity contribution in [2.24, 2.45) is 0 Å². The Kier molecular flexibility index (Phi) is 6.96. The Morgan fingerprint density at radius 3 is 2.58 bits per heavy atom. The third-order valence-electron chi connectivity index (χ3n) is 3.93. The molecule has 0 saturated heterocycles. The number of halogens is 5. The number of aliphatic hydroxyl groups is 1. The summed E-state index contributed by atoms with van der Waals surface area (Å²) in [6.45, 7) is 1.52. The fraction of sp³-hybridized carbons (Fsp3) is 0.200. The molecule has 3 aromatic rings. The predicted molar refractivity (Wildman–Crippen MR) is 112 cm³/mol. The SMILES string of the molecule is C[C@H](CO)Nc1nc(Nc2ccc(F)cc2Br)cc(-c2cccc(OC(F)(F)F)c2)n1. The average molecular weight is 501 g/mol. The lowest BCUT2D eigenvalue weighted by molar-refractivity contribution is -0.274. The average Bonchev–Trinajstić information content (AvgIpc) is 2.69. The Morgan fingerprint density at radius 1 is 1.13 bits per heavy atom. The fourth-order valence-corrected chi connectivity index (χ4v) is 3.02. The summed E-state index contributed by atoms with van der Waals surface area (Å²) in [5.74, 6) is -0.381. The van der Waals surface area contributed by atoms with Crippen LogP contribution in [0.2, 0.25) is 0 Å². The zero-order valence-electron chi connectivity index (χ0n) is 16.0. The van der Waals surface area contributed by atoms with Gasteiger partial charge in [-0.3, -0.25) is 0 Å². The highest BCUT2D eigenvalue weighted by atomic mass is 79.9. The number of benzene rings is 2. The van der Waals surface area contributed by atoms with Crippen molar-refractivity contribution in [1.29, 1.82) is 0 Å². The van der Waals surface area contributed by atoms with Gasteiger partial charge in [0, 0.05) is 22.1 Å². The molecule has 31 heavy (non-hydrogen) atoms. The highest BCUT2D eigenvalue weighted by molar-refractivity contribution is 9.10. The number of rotatable bonds is 7. The lowest BCUT2D eigenvalue weighted by atomic mass is 10.1. The van der Waals surface area contributed by atoms with E-state index in [0.29, 0.717) is 27.2 Å². The second-order valence-corrected chi connectivity index (χ2v) is 7.37. The highest BCUT2D eigenvalue weighted by Crippen LogP contribution is 2.31. The second kappa shape index (κ2) is 9.48. The molecule has 1 atom stereocenters. The van der Waals surface area contributed by atoms with Gasteiger partial charge in [0.25, 0.3) is 0 Å². The molecule has 0 fully saturated rings. The molecule has 0 bridgehead atoms. The van der Waals surface area contributed by atoms with Crippen molar-refractivity contribution >= 4 is 33.4 Å². The van der Waals surface area contributed by atoms with Crippen molar-refractivity contribution in [2.75, 3.05) is 17.2 Å². The normalized spacial score (nSPS) is 12.4. The number of alkyl halides is 3. The van der Waals surface area contributed by atoms with Gasteiger partial charge in [0.1, 0.15) is 17.4 Å². The first-order valence-corrected chi connectivity index (χ1v) is 9.77. The van der Waals surface area contributed by atoms with Gasteiger partial charge in [-0.05, 0) is 53.2 Å². The van der Waals surface area contributed by atoms with Gasteiger partial charge in [-0.1, -0.05) is 12.1 Å². The van der Waals surface area contributed by atoms with Gasteiger partial charge in [0.15, 0.2) is 0 Å². The van der Waals surface area contributed by atoms with E-state index in [0.717, 1.165) is 0 Å². The van der Waals surface area contributed by atoms with E-state index >= 15 is 0 Å². The molecular formula is C20H17BrF4N4O2. The molecule has 0 aliphatic carbocycles. The summed E-state index contributed by atoms with van der Waals surface area (Å²) in [7, 11) is 0. The van der Waals surface area contributed by atoms with Crippen LogP contribution in [0.5, 0.6) is 5.75 Å². The van der Waals surface area contributed by atoms with E-state index in [1.165, 1.54) is 42.5 Å². The van der Waals surface area contributed by atoms with Crippen LogP contribution < -0.4 is 15.4 Å². The lowest BCUT2D eigenvalue weighted by Gasteiger charge is -2.15. The maximum atomic E-state index is 13.4. The Morgan fingerprint density at radius 2 is 1.90 bits per heavy atom. The largest absolute Gasteiger partial charge is 0.573 e. The number of nitrogens with one attached hydrogen (secondary N) is 2. The molecule has 0 aliphatic rings. The van der Waals surface area contributed by atoms with E-state index in [4.69, 9.17) is 0 Å². The first-order chi connectivity index (χ1) is 14.6. The summed E-state index contributed by atoms with van der Waals surface area (Å²) in [5, 5.41) is 15.2. The van der Waals surface area contributed by atoms with Crippen molar-refractivity contribution < 1.29 is 27.4 Å². The molecule has 11 heteroatoms. The summed E-state index contributed by atoms with van der Waals surface area (Å²) in [5.41, 5.74) is 1.17. The van der Waals surface area contributed by atoms with Gasteiger partial charge < -0.3 is 20.5 Å². The molecule has 3 N–H and O–H groups in total. The van der Waals surface area contributed by atoms with Crippen LogP contribution in [-0.2, 0) is 0 Å². The molecule has 2 aromatic carbocycles. The predicted octanol–water partition coefficient (Wildman–Crippen LogP) is 5.48. The molecule has 0 saturated carbocycles. The van der Waals surface area contributed by atoms with Crippen LogP contribution in [-0.4, -0.2) is 34.1 Å². The summed E-state index contributed by atoms with van der Waals surface area (Å²) >= 11 is 3.26. The minimum atomic E-state index is -4.82. The van der Waals surface area contributed by atoms with Crippen LogP contribution in [0.1, 0.15) is 6.92 Å². The van der Waals surface area contributed by atoms with E-state index < -0.39 is 17.9 Å². The molecule has 1 heterocycles. The highest BCUT2D eigenvalue weighted by Gasteiger charge is 2.31. The number of nitrogens with zero attached hydrogens (tertiary/aromatic N) is 2. The van der Waals surface area contributed by atoms with Crippen LogP contribution in [0, 0.1) is 5.82 Å². The number of aliphatic hydroxyl groups excluding tert-OH is 1. The lowest BCUT2D eigenvalue weighted by Crippen LogP contribution is -2.21. The molecule has 0 unspecified atom stereocenters. The molecule has 0 amide bonds. The zero-order valence-corrected chi connectivity index (χ0v) is 17.6. The van der Waals surface area contributed by atoms with Crippen molar-refractivity contribution in [3.8, 4) is 17.0 Å². The van der Waals surface area contributed by atoms with E-state index in [-0.39, 0.29) is 18.6 Å². The van der Waals surface area contributed by atoms with Crippen LogP contribution in [0.15, 0.2) is 53.0 Å². The molecule has 0 radical (unpaired) electrons.